The van der Waals surface area contributed by atoms with Gasteiger partial charge in [-0.3, -0.25) is 4.79 Å². The van der Waals surface area contributed by atoms with E-state index in [0.717, 1.165) is 9.86 Å². The van der Waals surface area contributed by atoms with Crippen LogP contribution in [-0.4, -0.2) is 16.4 Å². The van der Waals surface area contributed by atoms with Gasteiger partial charge in [0.05, 0.1) is 18.1 Å². The van der Waals surface area contributed by atoms with Crippen molar-refractivity contribution in [3.63, 3.8) is 0 Å². The molecule has 4 nitrogen and oxygen atoms in total. The van der Waals surface area contributed by atoms with E-state index in [2.05, 4.69) is 25.8 Å². The molecule has 2 aromatic carbocycles. The predicted molar refractivity (Wildman–Crippen MR) is 85.9 cm³/mol. The summed E-state index contributed by atoms with van der Waals surface area (Å²) in [5.74, 6) is 0.0512. The van der Waals surface area contributed by atoms with Gasteiger partial charge in [-0.05, 0) is 35.9 Å². The Hall–Kier alpha value is -2.28. The van der Waals surface area contributed by atoms with E-state index in [0.29, 0.717) is 10.9 Å². The summed E-state index contributed by atoms with van der Waals surface area (Å²) in [7, 11) is 0. The lowest BCUT2D eigenvalue weighted by Gasteiger charge is -2.09. The van der Waals surface area contributed by atoms with Crippen LogP contribution in [0.1, 0.15) is 5.56 Å². The molecule has 0 N–H and O–H groups in total. The topological polar surface area (TPSA) is 44.1 Å². The summed E-state index contributed by atoms with van der Waals surface area (Å²) in [6, 6.07) is 11.5. The van der Waals surface area contributed by atoms with Crippen molar-refractivity contribution in [2.24, 2.45) is 0 Å². The Bertz CT molecular complexity index is 912. The molecule has 0 fully saturated rings. The van der Waals surface area contributed by atoms with Crippen LogP contribution in [0.2, 0.25) is 0 Å². The second kappa shape index (κ2) is 6.45. The van der Waals surface area contributed by atoms with Crippen LogP contribution < -0.4 is 10.3 Å². The normalized spacial score (nSPS) is 11.1. The highest BCUT2D eigenvalue weighted by Crippen LogP contribution is 2.18. The Morgan fingerprint density at radius 3 is 2.83 bits per heavy atom. The number of halogens is 3. The lowest BCUT2D eigenvalue weighted by molar-refractivity contribution is -0.0498. The first-order chi connectivity index (χ1) is 11.0. The maximum atomic E-state index is 12.4. The van der Waals surface area contributed by atoms with Gasteiger partial charge < -0.3 is 4.74 Å². The maximum absolute atomic E-state index is 12.4. The Balaban J connectivity index is 1.94. The molecular weight excluding hydrogens is 370 g/mol. The molecule has 0 radical (unpaired) electrons. The first-order valence-electron chi connectivity index (χ1n) is 6.72. The smallest absolute Gasteiger partial charge is 0.387 e. The van der Waals surface area contributed by atoms with Gasteiger partial charge in [0.25, 0.3) is 5.56 Å². The number of hydrogen-bond acceptors (Lipinski definition) is 3. The van der Waals surface area contributed by atoms with Crippen molar-refractivity contribution in [2.75, 3.05) is 0 Å². The summed E-state index contributed by atoms with van der Waals surface area (Å²) in [6.07, 6.45) is 1.60. The molecule has 0 unspecified atom stereocenters. The van der Waals surface area contributed by atoms with Crippen molar-refractivity contribution >= 4 is 26.7 Å². The third-order valence-corrected chi connectivity index (χ3v) is 3.76. The number of alkyl halides is 2. The first-order valence-corrected chi connectivity index (χ1v) is 7.51. The van der Waals surface area contributed by atoms with Crippen molar-refractivity contribution < 1.29 is 13.5 Å². The lowest BCUT2D eigenvalue weighted by atomic mass is 10.2. The highest BCUT2D eigenvalue weighted by Gasteiger charge is 2.08. The summed E-state index contributed by atoms with van der Waals surface area (Å²) < 4.78 is 31.0. The fraction of sp³-hybridized carbons (Fsp3) is 0.125. The van der Waals surface area contributed by atoms with Crippen molar-refractivity contribution in [1.82, 2.24) is 9.78 Å². The molecule has 23 heavy (non-hydrogen) atoms. The summed E-state index contributed by atoms with van der Waals surface area (Å²) in [4.78, 5) is 12.4. The monoisotopic (exact) mass is 380 g/mol. The molecular formula is C16H11BrF2N2O2. The molecule has 1 aromatic heterocycles. The van der Waals surface area contributed by atoms with Crippen molar-refractivity contribution in [3.05, 3.63) is 69.1 Å². The van der Waals surface area contributed by atoms with Gasteiger partial charge in [0.2, 0.25) is 0 Å². The standard InChI is InChI=1S/C16H11BrF2N2O2/c17-12-4-5-14-11(7-12)8-20-21(15(14)22)9-10-2-1-3-13(6-10)23-16(18)19/h1-8,16H,9H2. The fourth-order valence-electron chi connectivity index (χ4n) is 2.26. The summed E-state index contributed by atoms with van der Waals surface area (Å²) in [5.41, 5.74) is 0.407. The average Bonchev–Trinajstić information content (AvgIpc) is 2.50. The number of ether oxygens (including phenoxy) is 1. The van der Waals surface area contributed by atoms with Crippen molar-refractivity contribution in [3.8, 4) is 5.75 Å². The lowest BCUT2D eigenvalue weighted by Crippen LogP contribution is -2.23. The highest BCUT2D eigenvalue weighted by molar-refractivity contribution is 9.10. The molecule has 0 bridgehead atoms. The van der Waals surface area contributed by atoms with Crippen LogP contribution in [0.25, 0.3) is 10.8 Å². The van der Waals surface area contributed by atoms with E-state index in [1.165, 1.54) is 16.8 Å². The van der Waals surface area contributed by atoms with Crippen LogP contribution in [0.3, 0.4) is 0 Å². The SMILES string of the molecule is O=c1c2ccc(Br)cc2cnn1Cc1cccc(OC(F)F)c1. The molecule has 3 aromatic rings. The third kappa shape index (κ3) is 3.56. The average molecular weight is 381 g/mol. The van der Waals surface area contributed by atoms with Gasteiger partial charge in [0.1, 0.15) is 5.75 Å². The van der Waals surface area contributed by atoms with Crippen molar-refractivity contribution in [1.29, 1.82) is 0 Å². The molecule has 0 amide bonds. The quantitative estimate of drug-likeness (QED) is 0.691. The largest absolute Gasteiger partial charge is 0.435 e. The zero-order chi connectivity index (χ0) is 16.4. The van der Waals surface area contributed by atoms with Gasteiger partial charge in [-0.15, -0.1) is 0 Å². The summed E-state index contributed by atoms with van der Waals surface area (Å²) in [5, 5.41) is 5.40. The third-order valence-electron chi connectivity index (χ3n) is 3.27. The second-order valence-corrected chi connectivity index (χ2v) is 5.78. The van der Waals surface area contributed by atoms with Gasteiger partial charge in [-0.2, -0.15) is 13.9 Å². The Morgan fingerprint density at radius 1 is 1.22 bits per heavy atom. The summed E-state index contributed by atoms with van der Waals surface area (Å²) >= 11 is 3.35. The van der Waals surface area contributed by atoms with E-state index in [9.17, 15) is 13.6 Å². The zero-order valence-electron chi connectivity index (χ0n) is 11.7. The molecule has 0 saturated heterocycles. The molecule has 0 aliphatic rings. The molecule has 7 heteroatoms. The van der Waals surface area contributed by atoms with Crippen LogP contribution in [0, 0.1) is 0 Å². The minimum absolute atomic E-state index is 0.0512. The van der Waals surface area contributed by atoms with Gasteiger partial charge in [0.15, 0.2) is 0 Å². The van der Waals surface area contributed by atoms with E-state index in [1.807, 2.05) is 6.07 Å². The van der Waals surface area contributed by atoms with Crippen molar-refractivity contribution in [2.45, 2.75) is 13.2 Å². The number of aromatic nitrogens is 2. The summed E-state index contributed by atoms with van der Waals surface area (Å²) in [6.45, 7) is -2.71. The van der Waals surface area contributed by atoms with E-state index in [1.54, 1.807) is 30.5 Å². The number of nitrogens with zero attached hydrogens (tertiary/aromatic N) is 2. The molecule has 3 rings (SSSR count). The number of hydrogen-bond donors (Lipinski definition) is 0. The molecule has 0 aliphatic heterocycles. The van der Waals surface area contributed by atoms with Gasteiger partial charge in [-0.1, -0.05) is 28.1 Å². The maximum Gasteiger partial charge on any atom is 0.387 e. The molecule has 0 atom stereocenters. The number of rotatable bonds is 4. The first kappa shape index (κ1) is 15.6. The zero-order valence-corrected chi connectivity index (χ0v) is 13.3. The molecule has 0 spiro atoms. The van der Waals surface area contributed by atoms with Crippen LogP contribution in [0.5, 0.6) is 5.75 Å². The predicted octanol–water partition coefficient (Wildman–Crippen LogP) is 3.81. The molecule has 118 valence electrons. The second-order valence-electron chi connectivity index (χ2n) is 4.86. The minimum Gasteiger partial charge on any atom is -0.435 e. The number of fused-ring (bicyclic) bond motifs is 1. The van der Waals surface area contributed by atoms with Gasteiger partial charge >= 0.3 is 6.61 Å². The van der Waals surface area contributed by atoms with E-state index >= 15 is 0 Å². The highest BCUT2D eigenvalue weighted by atomic mass is 79.9. The van der Waals surface area contributed by atoms with Crippen LogP contribution >= 0.6 is 15.9 Å². The van der Waals surface area contributed by atoms with E-state index in [4.69, 9.17) is 0 Å². The van der Waals surface area contributed by atoms with Crippen LogP contribution in [0.15, 0.2) is 57.9 Å². The van der Waals surface area contributed by atoms with Crippen LogP contribution in [-0.2, 0) is 6.54 Å². The molecule has 0 aliphatic carbocycles. The van der Waals surface area contributed by atoms with E-state index < -0.39 is 6.61 Å². The Labute approximate surface area is 138 Å². The van der Waals surface area contributed by atoms with E-state index in [-0.39, 0.29) is 17.9 Å². The van der Waals surface area contributed by atoms with Gasteiger partial charge in [-0.25, -0.2) is 4.68 Å². The molecule has 1 heterocycles. The Kier molecular flexibility index (Phi) is 4.38. The Morgan fingerprint density at radius 2 is 2.04 bits per heavy atom. The van der Waals surface area contributed by atoms with Gasteiger partial charge in [0, 0.05) is 9.86 Å². The van der Waals surface area contributed by atoms with Crippen LogP contribution in [0.4, 0.5) is 8.78 Å². The minimum atomic E-state index is -2.88. The fourth-order valence-corrected chi connectivity index (χ4v) is 2.64. The number of benzene rings is 2. The molecule has 0 saturated carbocycles.